The molecule has 0 bridgehead atoms. The lowest BCUT2D eigenvalue weighted by atomic mass is 10.1. The van der Waals surface area contributed by atoms with E-state index in [0.29, 0.717) is 17.4 Å². The summed E-state index contributed by atoms with van der Waals surface area (Å²) in [6.45, 7) is 2.06. The molecule has 26 heavy (non-hydrogen) atoms. The molecule has 0 saturated heterocycles. The van der Waals surface area contributed by atoms with Crippen molar-refractivity contribution in [1.82, 2.24) is 25.2 Å². The summed E-state index contributed by atoms with van der Waals surface area (Å²) in [5.41, 5.74) is 1.28. The van der Waals surface area contributed by atoms with E-state index >= 15 is 0 Å². The van der Waals surface area contributed by atoms with Crippen LogP contribution in [-0.2, 0) is 20.7 Å². The second-order valence-electron chi connectivity index (χ2n) is 5.22. The number of anilines is 1. The molecule has 0 fully saturated rings. The molecule has 0 aliphatic rings. The van der Waals surface area contributed by atoms with Gasteiger partial charge in [0.15, 0.2) is 11.2 Å². The molecule has 0 aliphatic carbocycles. The number of tetrazole rings is 1. The van der Waals surface area contributed by atoms with Crippen LogP contribution in [0.2, 0.25) is 0 Å². The largest absolute Gasteiger partial charge is 0.466 e. The molecule has 0 saturated carbocycles. The molecule has 1 amide bonds. The van der Waals surface area contributed by atoms with Crippen LogP contribution < -0.4 is 5.32 Å². The maximum atomic E-state index is 12.8. The molecular weight excluding hydrogens is 356 g/mol. The highest BCUT2D eigenvalue weighted by atomic mass is 32.1. The zero-order chi connectivity index (χ0) is 18.4. The molecule has 1 aromatic carbocycles. The average Bonchev–Trinajstić information content (AvgIpc) is 3.29. The molecule has 0 spiro atoms. The molecule has 1 N–H and O–H groups in total. The Morgan fingerprint density at radius 3 is 2.81 bits per heavy atom. The van der Waals surface area contributed by atoms with Gasteiger partial charge in [-0.25, -0.2) is 9.67 Å². The Kier molecular flexibility index (Phi) is 5.64. The van der Waals surface area contributed by atoms with Gasteiger partial charge in [0, 0.05) is 5.38 Å². The minimum absolute atomic E-state index is 0.0648. The number of benzene rings is 1. The zero-order valence-corrected chi connectivity index (χ0v) is 14.7. The van der Waals surface area contributed by atoms with Gasteiger partial charge in [-0.2, -0.15) is 0 Å². The first kappa shape index (κ1) is 17.7. The van der Waals surface area contributed by atoms with E-state index < -0.39 is 6.04 Å². The van der Waals surface area contributed by atoms with Crippen LogP contribution in [0.15, 0.2) is 42.0 Å². The summed E-state index contributed by atoms with van der Waals surface area (Å²) >= 11 is 1.24. The Hall–Kier alpha value is -3.14. The first-order chi connectivity index (χ1) is 12.7. The predicted molar refractivity (Wildman–Crippen MR) is 93.5 cm³/mol. The number of nitrogens with one attached hydrogen (secondary N) is 1. The van der Waals surface area contributed by atoms with Crippen molar-refractivity contribution in [3.8, 4) is 0 Å². The van der Waals surface area contributed by atoms with Crippen LogP contribution in [0.3, 0.4) is 0 Å². The van der Waals surface area contributed by atoms with Crippen molar-refractivity contribution in [2.75, 3.05) is 11.9 Å². The van der Waals surface area contributed by atoms with Crippen molar-refractivity contribution < 1.29 is 14.3 Å². The third-order valence-corrected chi connectivity index (χ3v) is 4.21. The van der Waals surface area contributed by atoms with E-state index in [1.807, 2.05) is 30.3 Å². The number of esters is 1. The van der Waals surface area contributed by atoms with Gasteiger partial charge in [0.05, 0.1) is 18.7 Å². The van der Waals surface area contributed by atoms with Crippen LogP contribution in [0.4, 0.5) is 5.13 Å². The second-order valence-corrected chi connectivity index (χ2v) is 6.08. The lowest BCUT2D eigenvalue weighted by Crippen LogP contribution is -2.27. The van der Waals surface area contributed by atoms with E-state index in [1.54, 1.807) is 12.3 Å². The Morgan fingerprint density at radius 1 is 1.31 bits per heavy atom. The van der Waals surface area contributed by atoms with E-state index in [1.165, 1.54) is 22.3 Å². The number of ether oxygens (including phenoxy) is 1. The molecule has 134 valence electrons. The Balaban J connectivity index is 1.75. The number of hydrogen-bond donors (Lipinski definition) is 1. The van der Waals surface area contributed by atoms with Crippen LogP contribution in [0, 0.1) is 0 Å². The molecular formula is C16H16N6O3S. The summed E-state index contributed by atoms with van der Waals surface area (Å²) < 4.78 is 6.27. The quantitative estimate of drug-likeness (QED) is 0.625. The van der Waals surface area contributed by atoms with Crippen LogP contribution in [-0.4, -0.2) is 43.7 Å². The van der Waals surface area contributed by atoms with Gasteiger partial charge in [-0.3, -0.25) is 14.9 Å². The van der Waals surface area contributed by atoms with E-state index in [9.17, 15) is 9.59 Å². The smallest absolute Gasteiger partial charge is 0.311 e. The summed E-state index contributed by atoms with van der Waals surface area (Å²) in [5.74, 6) is -0.688. The third-order valence-electron chi connectivity index (χ3n) is 3.41. The highest BCUT2D eigenvalue weighted by Gasteiger charge is 2.24. The second kappa shape index (κ2) is 8.30. The van der Waals surface area contributed by atoms with Crippen molar-refractivity contribution in [2.45, 2.75) is 19.4 Å². The molecule has 2 heterocycles. The number of carbonyl (C=O) groups excluding carboxylic acids is 2. The Labute approximate surface area is 153 Å². The fraction of sp³-hybridized carbons (Fsp3) is 0.250. The molecule has 2 aromatic heterocycles. The van der Waals surface area contributed by atoms with Gasteiger partial charge in [0.1, 0.15) is 6.33 Å². The number of carbonyl (C=O) groups is 2. The van der Waals surface area contributed by atoms with Gasteiger partial charge in [0.25, 0.3) is 5.91 Å². The van der Waals surface area contributed by atoms with Crippen LogP contribution >= 0.6 is 11.3 Å². The minimum Gasteiger partial charge on any atom is -0.466 e. The summed E-state index contributed by atoms with van der Waals surface area (Å²) in [5, 5.41) is 15.9. The van der Waals surface area contributed by atoms with Crippen LogP contribution in [0.25, 0.3) is 0 Å². The fourth-order valence-electron chi connectivity index (χ4n) is 2.33. The Morgan fingerprint density at radius 2 is 2.12 bits per heavy atom. The summed E-state index contributed by atoms with van der Waals surface area (Å²) in [6, 6.07) is 8.44. The van der Waals surface area contributed by atoms with Gasteiger partial charge >= 0.3 is 5.97 Å². The molecule has 3 aromatic rings. The third kappa shape index (κ3) is 4.28. The summed E-state index contributed by atoms with van der Waals surface area (Å²) in [6.07, 6.45) is 1.45. The normalized spacial score (nSPS) is 11.7. The van der Waals surface area contributed by atoms with Gasteiger partial charge in [-0.15, -0.1) is 16.4 Å². The van der Waals surface area contributed by atoms with E-state index in [4.69, 9.17) is 4.74 Å². The monoisotopic (exact) mass is 372 g/mol. The standard InChI is InChI=1S/C16H16N6O3S/c1-2-25-13(23)8-12-9-26-16(18-12)19-15(24)14(22-10-17-20-21-22)11-6-4-3-5-7-11/h3-7,9-10,14H,2,8H2,1H3,(H,18,19,24)/t14-/m1/s1. The molecule has 9 nitrogen and oxygen atoms in total. The highest BCUT2D eigenvalue weighted by Crippen LogP contribution is 2.21. The fourth-order valence-corrected chi connectivity index (χ4v) is 3.04. The Bertz CT molecular complexity index is 865. The van der Waals surface area contributed by atoms with Crippen LogP contribution in [0.1, 0.15) is 24.2 Å². The predicted octanol–water partition coefficient (Wildman–Crippen LogP) is 1.46. The zero-order valence-electron chi connectivity index (χ0n) is 13.9. The van der Waals surface area contributed by atoms with E-state index in [0.717, 1.165) is 5.56 Å². The van der Waals surface area contributed by atoms with E-state index in [2.05, 4.69) is 25.8 Å². The molecule has 3 rings (SSSR count). The molecule has 0 radical (unpaired) electrons. The maximum Gasteiger partial charge on any atom is 0.311 e. The van der Waals surface area contributed by atoms with Crippen molar-refractivity contribution in [2.24, 2.45) is 0 Å². The molecule has 0 unspecified atom stereocenters. The van der Waals surface area contributed by atoms with Crippen molar-refractivity contribution in [1.29, 1.82) is 0 Å². The number of amides is 1. The van der Waals surface area contributed by atoms with Gasteiger partial charge in [-0.1, -0.05) is 30.3 Å². The molecule has 1 atom stereocenters. The maximum absolute atomic E-state index is 12.8. The first-order valence-corrected chi connectivity index (χ1v) is 8.73. The topological polar surface area (TPSA) is 112 Å². The van der Waals surface area contributed by atoms with Crippen molar-refractivity contribution in [3.63, 3.8) is 0 Å². The summed E-state index contributed by atoms with van der Waals surface area (Å²) in [7, 11) is 0. The molecule has 10 heteroatoms. The minimum atomic E-state index is -0.733. The number of nitrogens with zero attached hydrogens (tertiary/aromatic N) is 5. The van der Waals surface area contributed by atoms with Crippen molar-refractivity contribution in [3.05, 3.63) is 53.3 Å². The van der Waals surface area contributed by atoms with E-state index in [-0.39, 0.29) is 18.3 Å². The lowest BCUT2D eigenvalue weighted by molar-refractivity contribution is -0.142. The number of hydrogen-bond acceptors (Lipinski definition) is 8. The van der Waals surface area contributed by atoms with Gasteiger partial charge < -0.3 is 4.74 Å². The van der Waals surface area contributed by atoms with Gasteiger partial charge in [-0.05, 0) is 22.9 Å². The molecule has 0 aliphatic heterocycles. The lowest BCUT2D eigenvalue weighted by Gasteiger charge is -2.15. The SMILES string of the molecule is CCOC(=O)Cc1csc(NC(=O)[C@@H](c2ccccc2)n2cnnn2)n1. The number of aromatic nitrogens is 5. The highest BCUT2D eigenvalue weighted by molar-refractivity contribution is 7.13. The summed E-state index contributed by atoms with van der Waals surface area (Å²) in [4.78, 5) is 28.6. The number of rotatable bonds is 7. The van der Waals surface area contributed by atoms with Crippen LogP contribution in [0.5, 0.6) is 0 Å². The average molecular weight is 372 g/mol. The first-order valence-electron chi connectivity index (χ1n) is 7.85. The van der Waals surface area contributed by atoms with Crippen molar-refractivity contribution >= 4 is 28.3 Å². The van der Waals surface area contributed by atoms with Gasteiger partial charge in [0.2, 0.25) is 0 Å². The number of thiazole rings is 1.